The number of nitrogens with two attached hydrogens (primary N) is 1. The Kier molecular flexibility index (Phi) is 4.47. The highest BCUT2D eigenvalue weighted by atomic mass is 32.2. The maximum atomic E-state index is 11.4. The lowest BCUT2D eigenvalue weighted by atomic mass is 10.1. The molecule has 0 bridgehead atoms. The number of rotatable bonds is 4. The third kappa shape index (κ3) is 3.82. The molecule has 0 spiro atoms. The summed E-state index contributed by atoms with van der Waals surface area (Å²) in [6.45, 7) is 1.92. The predicted octanol–water partition coefficient (Wildman–Crippen LogP) is 2.66. The van der Waals surface area contributed by atoms with Gasteiger partial charge in [-0.25, -0.2) is 13.4 Å². The highest BCUT2D eigenvalue weighted by molar-refractivity contribution is 7.99. The molecule has 106 valence electrons. The van der Waals surface area contributed by atoms with Crippen molar-refractivity contribution < 1.29 is 8.42 Å². The lowest BCUT2D eigenvalue weighted by molar-refractivity contribution is 0.602. The maximum absolute atomic E-state index is 11.4. The second-order valence-corrected chi connectivity index (χ2v) is 7.67. The van der Waals surface area contributed by atoms with E-state index in [0.29, 0.717) is 4.90 Å². The lowest BCUT2D eigenvalue weighted by Crippen LogP contribution is -2.04. The third-order valence-electron chi connectivity index (χ3n) is 2.76. The average Bonchev–Trinajstić information content (AvgIpc) is 2.38. The monoisotopic (exact) mass is 308 g/mol. The van der Waals surface area contributed by atoms with E-state index in [0.717, 1.165) is 15.5 Å². The molecule has 4 nitrogen and oxygen atoms in total. The molecule has 2 N–H and O–H groups in total. The van der Waals surface area contributed by atoms with Crippen LogP contribution in [0.4, 0.5) is 0 Å². The first kappa shape index (κ1) is 15.0. The standard InChI is InChI=1S/C14H16N2O2S2/c1-10(15)11-7-8-16-14(9-11)19-12-3-5-13(6-4-12)20(2,17)18/h3-10H,15H2,1-2H3/t10-/m1/s1. The van der Waals surface area contributed by atoms with Crippen LogP contribution in [-0.4, -0.2) is 19.7 Å². The number of sulfone groups is 1. The number of hydrogen-bond acceptors (Lipinski definition) is 5. The van der Waals surface area contributed by atoms with Crippen molar-refractivity contribution in [3.63, 3.8) is 0 Å². The Morgan fingerprint density at radius 3 is 2.40 bits per heavy atom. The van der Waals surface area contributed by atoms with Crippen molar-refractivity contribution in [1.82, 2.24) is 4.98 Å². The molecule has 0 aliphatic heterocycles. The Morgan fingerprint density at radius 2 is 1.85 bits per heavy atom. The molecule has 1 aromatic heterocycles. The van der Waals surface area contributed by atoms with Crippen molar-refractivity contribution in [1.29, 1.82) is 0 Å². The van der Waals surface area contributed by atoms with Crippen molar-refractivity contribution in [3.8, 4) is 0 Å². The van der Waals surface area contributed by atoms with Gasteiger partial charge in [0.2, 0.25) is 0 Å². The summed E-state index contributed by atoms with van der Waals surface area (Å²) in [5.41, 5.74) is 6.86. The lowest BCUT2D eigenvalue weighted by Gasteiger charge is -2.07. The smallest absolute Gasteiger partial charge is 0.175 e. The molecule has 1 atom stereocenters. The molecular formula is C14H16N2O2S2. The summed E-state index contributed by atoms with van der Waals surface area (Å²) in [6, 6.07) is 10.6. The summed E-state index contributed by atoms with van der Waals surface area (Å²) >= 11 is 1.48. The Bertz CT molecular complexity index is 695. The van der Waals surface area contributed by atoms with Crippen molar-refractivity contribution in [3.05, 3.63) is 48.2 Å². The van der Waals surface area contributed by atoms with Gasteiger partial charge in [-0.3, -0.25) is 0 Å². The van der Waals surface area contributed by atoms with E-state index in [-0.39, 0.29) is 6.04 Å². The zero-order chi connectivity index (χ0) is 14.8. The van der Waals surface area contributed by atoms with Crippen LogP contribution in [-0.2, 0) is 9.84 Å². The first-order chi connectivity index (χ1) is 9.36. The van der Waals surface area contributed by atoms with E-state index in [1.165, 1.54) is 18.0 Å². The molecule has 1 heterocycles. The molecule has 0 unspecified atom stereocenters. The van der Waals surface area contributed by atoms with Crippen molar-refractivity contribution in [2.75, 3.05) is 6.26 Å². The molecule has 20 heavy (non-hydrogen) atoms. The summed E-state index contributed by atoms with van der Waals surface area (Å²) in [6.07, 6.45) is 2.93. The minimum atomic E-state index is -3.15. The number of benzene rings is 1. The molecule has 0 saturated heterocycles. The van der Waals surface area contributed by atoms with Gasteiger partial charge in [0.25, 0.3) is 0 Å². The zero-order valence-corrected chi connectivity index (χ0v) is 12.9. The first-order valence-corrected chi connectivity index (χ1v) is 8.76. The molecular weight excluding hydrogens is 292 g/mol. The van der Waals surface area contributed by atoms with Crippen LogP contribution in [0.25, 0.3) is 0 Å². The van der Waals surface area contributed by atoms with Crippen LogP contribution in [0.1, 0.15) is 18.5 Å². The number of pyridine rings is 1. The molecule has 0 amide bonds. The van der Waals surface area contributed by atoms with Gasteiger partial charge < -0.3 is 5.73 Å². The van der Waals surface area contributed by atoms with Gasteiger partial charge in [0.1, 0.15) is 5.03 Å². The largest absolute Gasteiger partial charge is 0.324 e. The first-order valence-electron chi connectivity index (χ1n) is 6.06. The molecule has 0 aliphatic carbocycles. The van der Waals surface area contributed by atoms with E-state index in [9.17, 15) is 8.42 Å². The minimum absolute atomic E-state index is 0.0371. The van der Waals surface area contributed by atoms with E-state index in [1.807, 2.05) is 19.1 Å². The zero-order valence-electron chi connectivity index (χ0n) is 11.3. The number of nitrogens with zero attached hydrogens (tertiary/aromatic N) is 1. The van der Waals surface area contributed by atoms with Gasteiger partial charge in [-0.15, -0.1) is 0 Å². The SMILES string of the molecule is C[C@@H](N)c1ccnc(Sc2ccc(S(C)(=O)=O)cc2)c1. The van der Waals surface area contributed by atoms with Gasteiger partial charge in [-0.1, -0.05) is 11.8 Å². The minimum Gasteiger partial charge on any atom is -0.324 e. The van der Waals surface area contributed by atoms with Crippen LogP contribution < -0.4 is 5.73 Å². The van der Waals surface area contributed by atoms with E-state index < -0.39 is 9.84 Å². The van der Waals surface area contributed by atoms with Gasteiger partial charge in [0.05, 0.1) is 4.90 Å². The van der Waals surface area contributed by atoms with Crippen molar-refractivity contribution in [2.24, 2.45) is 5.73 Å². The third-order valence-corrected chi connectivity index (χ3v) is 4.83. The summed E-state index contributed by atoms with van der Waals surface area (Å²) in [7, 11) is -3.15. The molecule has 2 rings (SSSR count). The normalized spacial score (nSPS) is 13.2. The highest BCUT2D eigenvalue weighted by Gasteiger charge is 2.07. The molecule has 2 aromatic rings. The molecule has 0 aliphatic rings. The molecule has 0 radical (unpaired) electrons. The summed E-state index contributed by atoms with van der Waals surface area (Å²) in [4.78, 5) is 5.53. The van der Waals surface area contributed by atoms with E-state index >= 15 is 0 Å². The van der Waals surface area contributed by atoms with Gasteiger partial charge in [-0.05, 0) is 48.9 Å². The summed E-state index contributed by atoms with van der Waals surface area (Å²) < 4.78 is 22.8. The molecule has 0 fully saturated rings. The van der Waals surface area contributed by atoms with Crippen LogP contribution in [0.3, 0.4) is 0 Å². The molecule has 0 saturated carbocycles. The fourth-order valence-electron chi connectivity index (χ4n) is 1.64. The number of hydrogen-bond donors (Lipinski definition) is 1. The fraction of sp³-hybridized carbons (Fsp3) is 0.214. The second-order valence-electron chi connectivity index (χ2n) is 4.56. The predicted molar refractivity (Wildman–Crippen MR) is 80.5 cm³/mol. The van der Waals surface area contributed by atoms with E-state index in [1.54, 1.807) is 30.5 Å². The van der Waals surface area contributed by atoms with Crippen LogP contribution in [0.2, 0.25) is 0 Å². The van der Waals surface area contributed by atoms with Crippen LogP contribution in [0.15, 0.2) is 57.4 Å². The number of aromatic nitrogens is 1. The maximum Gasteiger partial charge on any atom is 0.175 e. The molecule has 1 aromatic carbocycles. The quantitative estimate of drug-likeness (QED) is 0.940. The van der Waals surface area contributed by atoms with Crippen molar-refractivity contribution >= 4 is 21.6 Å². The highest BCUT2D eigenvalue weighted by Crippen LogP contribution is 2.28. The van der Waals surface area contributed by atoms with Crippen LogP contribution in [0.5, 0.6) is 0 Å². The Balaban J connectivity index is 2.20. The van der Waals surface area contributed by atoms with E-state index in [2.05, 4.69) is 4.98 Å². The Morgan fingerprint density at radius 1 is 1.20 bits per heavy atom. The second kappa shape index (κ2) is 5.95. The van der Waals surface area contributed by atoms with Crippen LogP contribution >= 0.6 is 11.8 Å². The molecule has 6 heteroatoms. The van der Waals surface area contributed by atoms with Gasteiger partial charge >= 0.3 is 0 Å². The van der Waals surface area contributed by atoms with E-state index in [4.69, 9.17) is 5.73 Å². The average molecular weight is 308 g/mol. The Labute approximate surface area is 123 Å². The Hall–Kier alpha value is -1.37. The van der Waals surface area contributed by atoms with Crippen molar-refractivity contribution in [2.45, 2.75) is 27.8 Å². The van der Waals surface area contributed by atoms with Gasteiger partial charge in [0, 0.05) is 23.4 Å². The summed E-state index contributed by atoms with van der Waals surface area (Å²) in [5, 5.41) is 0.840. The summed E-state index contributed by atoms with van der Waals surface area (Å²) in [5.74, 6) is 0. The van der Waals surface area contributed by atoms with Gasteiger partial charge in [0.15, 0.2) is 9.84 Å². The topological polar surface area (TPSA) is 73.0 Å². The van der Waals surface area contributed by atoms with Crippen LogP contribution in [0, 0.1) is 0 Å². The van der Waals surface area contributed by atoms with Gasteiger partial charge in [-0.2, -0.15) is 0 Å². The fourth-order valence-corrected chi connectivity index (χ4v) is 3.09.